The van der Waals surface area contributed by atoms with E-state index in [0.29, 0.717) is 13.0 Å². The molecule has 0 fully saturated rings. The van der Waals surface area contributed by atoms with Gasteiger partial charge in [0.25, 0.3) is 0 Å². The van der Waals surface area contributed by atoms with E-state index < -0.39 is 13.9 Å². The van der Waals surface area contributed by atoms with E-state index >= 15 is 0 Å². The molecular formula is C46H86NO7P. The molecule has 0 rings (SSSR count). The highest BCUT2D eigenvalue weighted by molar-refractivity contribution is 7.47. The highest BCUT2D eigenvalue weighted by Gasteiger charge is 2.25. The number of phosphoric ester groups is 1. The SMILES string of the molecule is CC/C=C\C/C=C\C/C=C\C/C=C\CCCOCC(COP(=O)(O)OCCN)OC(=O)CCCCCCCCCCCCCCCCCCCCCCCC. The van der Waals surface area contributed by atoms with E-state index in [4.69, 9.17) is 24.3 Å². The van der Waals surface area contributed by atoms with E-state index in [0.717, 1.165) is 57.8 Å². The molecule has 0 aliphatic rings. The Balaban J connectivity index is 4.00. The van der Waals surface area contributed by atoms with Crippen molar-refractivity contribution in [3.05, 3.63) is 48.6 Å². The highest BCUT2D eigenvalue weighted by atomic mass is 31.2. The topological polar surface area (TPSA) is 117 Å². The fourth-order valence-electron chi connectivity index (χ4n) is 6.24. The van der Waals surface area contributed by atoms with E-state index in [-0.39, 0.29) is 32.3 Å². The first-order valence-electron chi connectivity index (χ1n) is 22.6. The Bertz CT molecular complexity index is 983. The zero-order valence-electron chi connectivity index (χ0n) is 35.7. The number of esters is 1. The van der Waals surface area contributed by atoms with Gasteiger partial charge in [-0.25, -0.2) is 4.57 Å². The van der Waals surface area contributed by atoms with Gasteiger partial charge < -0.3 is 20.1 Å². The van der Waals surface area contributed by atoms with Crippen LogP contribution in [0, 0.1) is 0 Å². The largest absolute Gasteiger partial charge is 0.472 e. The average Bonchev–Trinajstić information content (AvgIpc) is 3.17. The van der Waals surface area contributed by atoms with E-state index in [1.807, 2.05) is 0 Å². The average molecular weight is 796 g/mol. The molecule has 9 heteroatoms. The standard InChI is InChI=1S/C46H86NO7P/c1-3-5-7-9-11-13-15-17-19-20-21-22-23-24-25-26-27-29-31-33-35-37-39-46(48)54-45(44-53-55(49,50)52-42-40-47)43-51-41-38-36-34-32-30-28-18-16-14-12-10-8-6-4-2/h6,8,12,14,18,28,32,34,45H,3-5,7,9-11,13,15-17,19-27,29-31,33,35-44,47H2,1-2H3,(H,49,50)/b8-6-,14-12-,28-18-,34-32-. The maximum atomic E-state index is 12.6. The van der Waals surface area contributed by atoms with Crippen molar-refractivity contribution in [1.29, 1.82) is 0 Å². The molecule has 0 heterocycles. The molecular weight excluding hydrogens is 709 g/mol. The summed E-state index contributed by atoms with van der Waals surface area (Å²) in [4.78, 5) is 22.5. The summed E-state index contributed by atoms with van der Waals surface area (Å²) in [5.41, 5.74) is 5.37. The Morgan fingerprint density at radius 1 is 0.564 bits per heavy atom. The zero-order valence-corrected chi connectivity index (χ0v) is 36.6. The third-order valence-electron chi connectivity index (χ3n) is 9.51. The van der Waals surface area contributed by atoms with Crippen LogP contribution in [0.15, 0.2) is 48.6 Å². The molecule has 0 aliphatic carbocycles. The Hall–Kier alpha value is -1.54. The third-order valence-corrected chi connectivity index (χ3v) is 10.5. The number of hydrogen-bond donors (Lipinski definition) is 2. The van der Waals surface area contributed by atoms with Gasteiger partial charge in [0.2, 0.25) is 0 Å². The molecule has 2 unspecified atom stereocenters. The van der Waals surface area contributed by atoms with Crippen LogP contribution < -0.4 is 5.73 Å². The first-order valence-corrected chi connectivity index (χ1v) is 24.1. The predicted molar refractivity (Wildman–Crippen MR) is 233 cm³/mol. The lowest BCUT2D eigenvalue weighted by atomic mass is 10.0. The first kappa shape index (κ1) is 53.5. The third kappa shape index (κ3) is 43.4. The van der Waals surface area contributed by atoms with Gasteiger partial charge in [-0.2, -0.15) is 0 Å². The normalized spacial score (nSPS) is 13.9. The van der Waals surface area contributed by atoms with Crippen LogP contribution in [0.3, 0.4) is 0 Å². The van der Waals surface area contributed by atoms with E-state index in [1.54, 1.807) is 0 Å². The lowest BCUT2D eigenvalue weighted by Crippen LogP contribution is -2.28. The monoisotopic (exact) mass is 796 g/mol. The second-order valence-electron chi connectivity index (χ2n) is 14.9. The van der Waals surface area contributed by atoms with Gasteiger partial charge in [0.15, 0.2) is 0 Å². The maximum Gasteiger partial charge on any atom is 0.472 e. The maximum absolute atomic E-state index is 12.6. The minimum Gasteiger partial charge on any atom is -0.457 e. The molecule has 0 saturated heterocycles. The summed E-state index contributed by atoms with van der Waals surface area (Å²) in [5.74, 6) is -0.346. The van der Waals surface area contributed by atoms with Gasteiger partial charge in [0.05, 0.1) is 19.8 Å². The lowest BCUT2D eigenvalue weighted by molar-refractivity contribution is -0.154. The number of allylic oxidation sites excluding steroid dienone is 8. The lowest BCUT2D eigenvalue weighted by Gasteiger charge is -2.20. The van der Waals surface area contributed by atoms with Gasteiger partial charge in [0.1, 0.15) is 6.10 Å². The molecule has 0 spiro atoms. The number of nitrogens with two attached hydrogens (primary N) is 1. The molecule has 0 amide bonds. The van der Waals surface area contributed by atoms with Gasteiger partial charge in [-0.05, 0) is 44.9 Å². The van der Waals surface area contributed by atoms with Crippen molar-refractivity contribution < 1.29 is 32.8 Å². The van der Waals surface area contributed by atoms with Crippen LogP contribution in [0.1, 0.15) is 200 Å². The van der Waals surface area contributed by atoms with Crippen LogP contribution >= 0.6 is 7.82 Å². The molecule has 0 saturated carbocycles. The fourth-order valence-corrected chi connectivity index (χ4v) is 7.00. The quantitative estimate of drug-likeness (QED) is 0.0271. The van der Waals surface area contributed by atoms with Crippen molar-refractivity contribution in [1.82, 2.24) is 0 Å². The first-order chi connectivity index (χ1) is 26.9. The van der Waals surface area contributed by atoms with Crippen molar-refractivity contribution in [3.8, 4) is 0 Å². The smallest absolute Gasteiger partial charge is 0.457 e. The van der Waals surface area contributed by atoms with Crippen molar-refractivity contribution in [2.45, 2.75) is 206 Å². The molecule has 0 aromatic carbocycles. The van der Waals surface area contributed by atoms with Gasteiger partial charge >= 0.3 is 13.8 Å². The fraction of sp³-hybridized carbons (Fsp3) is 0.804. The van der Waals surface area contributed by atoms with Crippen molar-refractivity contribution in [2.75, 3.05) is 33.0 Å². The summed E-state index contributed by atoms with van der Waals surface area (Å²) in [6, 6.07) is 0. The van der Waals surface area contributed by atoms with Crippen LogP contribution in [0.2, 0.25) is 0 Å². The molecule has 0 bridgehead atoms. The van der Waals surface area contributed by atoms with Crippen LogP contribution in [-0.2, 0) is 27.9 Å². The predicted octanol–water partition coefficient (Wildman–Crippen LogP) is 13.6. The van der Waals surface area contributed by atoms with Crippen LogP contribution in [0.4, 0.5) is 0 Å². The molecule has 0 aromatic heterocycles. The number of rotatable bonds is 43. The number of carbonyl (C=O) groups is 1. The van der Waals surface area contributed by atoms with E-state index in [2.05, 4.69) is 62.5 Å². The van der Waals surface area contributed by atoms with Crippen molar-refractivity contribution in [2.24, 2.45) is 5.73 Å². The molecule has 3 N–H and O–H groups in total. The minimum absolute atomic E-state index is 0.0796. The Labute approximate surface area is 339 Å². The van der Waals surface area contributed by atoms with Crippen LogP contribution in [0.5, 0.6) is 0 Å². The zero-order chi connectivity index (χ0) is 40.2. The van der Waals surface area contributed by atoms with Gasteiger partial charge in [-0.15, -0.1) is 0 Å². The van der Waals surface area contributed by atoms with Crippen molar-refractivity contribution in [3.63, 3.8) is 0 Å². The molecule has 0 aromatic rings. The summed E-state index contributed by atoms with van der Waals surface area (Å²) in [7, 11) is -4.29. The molecule has 322 valence electrons. The molecule has 0 radical (unpaired) electrons. The Morgan fingerprint density at radius 3 is 1.45 bits per heavy atom. The molecule has 8 nitrogen and oxygen atoms in total. The summed E-state index contributed by atoms with van der Waals surface area (Å²) in [6.45, 7) is 4.68. The number of unbranched alkanes of at least 4 members (excludes halogenated alkanes) is 22. The van der Waals surface area contributed by atoms with Crippen molar-refractivity contribution >= 4 is 13.8 Å². The summed E-state index contributed by atoms with van der Waals surface area (Å²) < 4.78 is 33.4. The highest BCUT2D eigenvalue weighted by Crippen LogP contribution is 2.43. The van der Waals surface area contributed by atoms with Crippen LogP contribution in [-0.4, -0.2) is 49.9 Å². The number of hydrogen-bond acceptors (Lipinski definition) is 7. The van der Waals surface area contributed by atoms with Gasteiger partial charge in [-0.3, -0.25) is 13.8 Å². The number of ether oxygens (including phenoxy) is 2. The Morgan fingerprint density at radius 2 is 1.00 bits per heavy atom. The summed E-state index contributed by atoms with van der Waals surface area (Å²) >= 11 is 0. The van der Waals surface area contributed by atoms with Gasteiger partial charge in [0, 0.05) is 19.6 Å². The number of phosphoric acid groups is 1. The molecule has 2 atom stereocenters. The van der Waals surface area contributed by atoms with Crippen LogP contribution in [0.25, 0.3) is 0 Å². The summed E-state index contributed by atoms with van der Waals surface area (Å²) in [6.07, 6.45) is 51.6. The minimum atomic E-state index is -4.29. The summed E-state index contributed by atoms with van der Waals surface area (Å²) in [5, 5.41) is 0. The van der Waals surface area contributed by atoms with E-state index in [9.17, 15) is 14.3 Å². The molecule has 55 heavy (non-hydrogen) atoms. The Kier molecular flexibility index (Phi) is 42.4. The second-order valence-corrected chi connectivity index (χ2v) is 16.3. The number of carbonyl (C=O) groups excluding carboxylic acids is 1. The molecule has 0 aliphatic heterocycles. The van der Waals surface area contributed by atoms with E-state index in [1.165, 1.54) is 122 Å². The second kappa shape index (κ2) is 43.6. The van der Waals surface area contributed by atoms with Gasteiger partial charge in [-0.1, -0.05) is 197 Å².